The van der Waals surface area contributed by atoms with Gasteiger partial charge in [0.1, 0.15) is 0 Å². The third-order valence-electron chi connectivity index (χ3n) is 4.33. The summed E-state index contributed by atoms with van der Waals surface area (Å²) in [6.45, 7) is 15.1. The number of amides is 1. The number of nitrogens with zero attached hydrogens (tertiary/aromatic N) is 2. The molecular formula is C19H40IN5O2. The third kappa shape index (κ3) is 12.5. The van der Waals surface area contributed by atoms with Gasteiger partial charge in [0.2, 0.25) is 5.91 Å². The molecule has 1 heterocycles. The molecule has 0 spiro atoms. The van der Waals surface area contributed by atoms with Crippen LogP contribution in [0.5, 0.6) is 0 Å². The number of morpholine rings is 1. The molecule has 0 aliphatic carbocycles. The van der Waals surface area contributed by atoms with Gasteiger partial charge in [0.25, 0.3) is 0 Å². The Hall–Kier alpha value is -0.610. The van der Waals surface area contributed by atoms with Crippen LogP contribution in [0, 0.1) is 5.92 Å². The van der Waals surface area contributed by atoms with Gasteiger partial charge in [0, 0.05) is 45.2 Å². The smallest absolute Gasteiger partial charge is 0.221 e. The van der Waals surface area contributed by atoms with E-state index in [4.69, 9.17) is 9.73 Å². The van der Waals surface area contributed by atoms with E-state index < -0.39 is 0 Å². The molecule has 1 rings (SSSR count). The zero-order chi connectivity index (χ0) is 19.2. The second kappa shape index (κ2) is 16.4. The lowest BCUT2D eigenvalue weighted by Gasteiger charge is -2.34. The van der Waals surface area contributed by atoms with Crippen LogP contribution in [0.2, 0.25) is 0 Å². The minimum atomic E-state index is 0. The van der Waals surface area contributed by atoms with E-state index in [9.17, 15) is 4.79 Å². The molecule has 3 N–H and O–H groups in total. The van der Waals surface area contributed by atoms with Crippen molar-refractivity contribution >= 4 is 35.8 Å². The predicted octanol–water partition coefficient (Wildman–Crippen LogP) is 1.82. The molecule has 1 unspecified atom stereocenters. The number of hydrogen-bond donors (Lipinski definition) is 3. The summed E-state index contributed by atoms with van der Waals surface area (Å²) < 4.78 is 5.48. The van der Waals surface area contributed by atoms with Crippen LogP contribution in [-0.2, 0) is 9.53 Å². The predicted molar refractivity (Wildman–Crippen MR) is 123 cm³/mol. The lowest BCUT2D eigenvalue weighted by molar-refractivity contribution is -0.120. The number of rotatable bonds is 11. The maximum Gasteiger partial charge on any atom is 0.221 e. The highest BCUT2D eigenvalue weighted by Crippen LogP contribution is 2.14. The zero-order valence-electron chi connectivity index (χ0n) is 17.6. The Balaban J connectivity index is 0.00000676. The number of carbonyl (C=O) groups excluding carboxylic acids is 1. The van der Waals surface area contributed by atoms with E-state index in [0.717, 1.165) is 64.7 Å². The van der Waals surface area contributed by atoms with E-state index in [-0.39, 0.29) is 29.9 Å². The SMILES string of the molecule is CCCNC(=O)CCNC(=NCC(CC(C)C)N1CCOCC1)NCC.I. The van der Waals surface area contributed by atoms with Crippen molar-refractivity contribution in [2.75, 3.05) is 52.5 Å². The molecule has 1 fully saturated rings. The van der Waals surface area contributed by atoms with E-state index in [1.807, 2.05) is 0 Å². The second-order valence-corrected chi connectivity index (χ2v) is 7.18. The summed E-state index contributed by atoms with van der Waals surface area (Å²) in [7, 11) is 0. The highest BCUT2D eigenvalue weighted by Gasteiger charge is 2.21. The Kier molecular flexibility index (Phi) is 16.0. The molecule has 1 saturated heterocycles. The van der Waals surface area contributed by atoms with Crippen molar-refractivity contribution in [3.05, 3.63) is 0 Å². The average molecular weight is 497 g/mol. The van der Waals surface area contributed by atoms with Crippen LogP contribution in [0.4, 0.5) is 0 Å². The van der Waals surface area contributed by atoms with Crippen molar-refractivity contribution in [3.63, 3.8) is 0 Å². The molecule has 0 aromatic carbocycles. The van der Waals surface area contributed by atoms with Crippen molar-refractivity contribution < 1.29 is 9.53 Å². The molecule has 1 amide bonds. The first kappa shape index (κ1) is 26.4. The summed E-state index contributed by atoms with van der Waals surface area (Å²) >= 11 is 0. The Morgan fingerprint density at radius 3 is 2.41 bits per heavy atom. The number of guanidine groups is 1. The van der Waals surface area contributed by atoms with Crippen LogP contribution >= 0.6 is 24.0 Å². The van der Waals surface area contributed by atoms with Crippen LogP contribution in [0.3, 0.4) is 0 Å². The van der Waals surface area contributed by atoms with Gasteiger partial charge in [-0.2, -0.15) is 0 Å². The van der Waals surface area contributed by atoms with Gasteiger partial charge in [-0.25, -0.2) is 0 Å². The molecule has 0 aromatic rings. The van der Waals surface area contributed by atoms with Crippen LogP contribution in [0.15, 0.2) is 4.99 Å². The number of halogens is 1. The largest absolute Gasteiger partial charge is 0.379 e. The van der Waals surface area contributed by atoms with E-state index in [2.05, 4.69) is 48.5 Å². The number of hydrogen-bond acceptors (Lipinski definition) is 4. The summed E-state index contributed by atoms with van der Waals surface area (Å²) in [5.74, 6) is 1.51. The Morgan fingerprint density at radius 1 is 1.11 bits per heavy atom. The zero-order valence-corrected chi connectivity index (χ0v) is 19.9. The van der Waals surface area contributed by atoms with Crippen LogP contribution < -0.4 is 16.0 Å². The lowest BCUT2D eigenvalue weighted by Crippen LogP contribution is -2.46. The van der Waals surface area contributed by atoms with Gasteiger partial charge in [-0.3, -0.25) is 14.7 Å². The molecule has 8 heteroatoms. The summed E-state index contributed by atoms with van der Waals surface area (Å²) in [5, 5.41) is 9.44. The number of ether oxygens (including phenoxy) is 1. The molecule has 0 saturated carbocycles. The molecule has 7 nitrogen and oxygen atoms in total. The lowest BCUT2D eigenvalue weighted by atomic mass is 10.0. The first-order valence-electron chi connectivity index (χ1n) is 10.2. The van der Waals surface area contributed by atoms with Gasteiger partial charge in [0.05, 0.1) is 19.8 Å². The highest BCUT2D eigenvalue weighted by atomic mass is 127. The molecule has 1 aliphatic heterocycles. The van der Waals surface area contributed by atoms with Gasteiger partial charge < -0.3 is 20.7 Å². The first-order chi connectivity index (χ1) is 12.6. The second-order valence-electron chi connectivity index (χ2n) is 7.18. The fraction of sp³-hybridized carbons (Fsp3) is 0.895. The van der Waals surface area contributed by atoms with Gasteiger partial charge >= 0.3 is 0 Å². The topological polar surface area (TPSA) is 78.0 Å². The summed E-state index contributed by atoms with van der Waals surface area (Å²) in [6, 6.07) is 0.433. The van der Waals surface area contributed by atoms with Crippen molar-refractivity contribution in [2.45, 2.75) is 53.0 Å². The first-order valence-corrected chi connectivity index (χ1v) is 10.2. The van der Waals surface area contributed by atoms with Crippen molar-refractivity contribution in [3.8, 4) is 0 Å². The third-order valence-corrected chi connectivity index (χ3v) is 4.33. The molecule has 160 valence electrons. The number of carbonyl (C=O) groups is 1. The van der Waals surface area contributed by atoms with E-state index in [0.29, 0.717) is 24.9 Å². The molecule has 1 aliphatic rings. The molecular weight excluding hydrogens is 457 g/mol. The minimum absolute atomic E-state index is 0. The van der Waals surface area contributed by atoms with Crippen molar-refractivity contribution in [2.24, 2.45) is 10.9 Å². The molecule has 0 aromatic heterocycles. The fourth-order valence-electron chi connectivity index (χ4n) is 3.01. The van der Waals surface area contributed by atoms with Crippen molar-refractivity contribution in [1.29, 1.82) is 0 Å². The van der Waals surface area contributed by atoms with Crippen LogP contribution in [-0.4, -0.2) is 75.3 Å². The molecule has 27 heavy (non-hydrogen) atoms. The molecule has 0 bridgehead atoms. The van der Waals surface area contributed by atoms with E-state index >= 15 is 0 Å². The van der Waals surface area contributed by atoms with Crippen molar-refractivity contribution in [1.82, 2.24) is 20.9 Å². The minimum Gasteiger partial charge on any atom is -0.379 e. The normalized spacial score (nSPS) is 16.6. The van der Waals surface area contributed by atoms with E-state index in [1.54, 1.807) is 0 Å². The summed E-state index contributed by atoms with van der Waals surface area (Å²) in [5.41, 5.74) is 0. The van der Waals surface area contributed by atoms with Crippen LogP contribution in [0.25, 0.3) is 0 Å². The number of aliphatic imine (C=N–C) groups is 1. The van der Waals surface area contributed by atoms with Gasteiger partial charge in [0.15, 0.2) is 5.96 Å². The van der Waals surface area contributed by atoms with Gasteiger partial charge in [-0.1, -0.05) is 20.8 Å². The number of nitrogens with one attached hydrogen (secondary N) is 3. The standard InChI is InChI=1S/C19H39N5O2.HI/c1-5-8-21-18(25)7-9-22-19(20-6-2)23-15-17(14-16(3)4)24-10-12-26-13-11-24;/h16-17H,5-15H2,1-4H3,(H,21,25)(H2,20,22,23);1H. The average Bonchev–Trinajstić information content (AvgIpc) is 2.63. The van der Waals surface area contributed by atoms with E-state index in [1.165, 1.54) is 0 Å². The quantitative estimate of drug-likeness (QED) is 0.231. The molecule has 0 radical (unpaired) electrons. The Morgan fingerprint density at radius 2 is 1.81 bits per heavy atom. The maximum absolute atomic E-state index is 11.7. The maximum atomic E-state index is 11.7. The Bertz CT molecular complexity index is 415. The van der Waals surface area contributed by atoms with Gasteiger partial charge in [-0.15, -0.1) is 24.0 Å². The fourth-order valence-corrected chi connectivity index (χ4v) is 3.01. The molecule has 1 atom stereocenters. The highest BCUT2D eigenvalue weighted by molar-refractivity contribution is 14.0. The van der Waals surface area contributed by atoms with Crippen LogP contribution in [0.1, 0.15) is 47.0 Å². The Labute approximate surface area is 182 Å². The van der Waals surface area contributed by atoms with Gasteiger partial charge in [-0.05, 0) is 25.7 Å². The summed E-state index contributed by atoms with van der Waals surface area (Å²) in [6.07, 6.45) is 2.55. The monoisotopic (exact) mass is 497 g/mol. The summed E-state index contributed by atoms with van der Waals surface area (Å²) in [4.78, 5) is 19.0.